The van der Waals surface area contributed by atoms with Crippen molar-refractivity contribution in [3.63, 3.8) is 0 Å². The summed E-state index contributed by atoms with van der Waals surface area (Å²) in [6.07, 6.45) is 18.1. The molecule has 0 unspecified atom stereocenters. The van der Waals surface area contributed by atoms with E-state index < -0.39 is 0 Å². The van der Waals surface area contributed by atoms with Gasteiger partial charge in [0.25, 0.3) is 0 Å². The molecule has 2 fully saturated rings. The van der Waals surface area contributed by atoms with Crippen LogP contribution in [-0.2, 0) is 0 Å². The van der Waals surface area contributed by atoms with Crippen LogP contribution in [0.25, 0.3) is 0 Å². The molecular weight excluding hydrogens is 307 g/mol. The summed E-state index contributed by atoms with van der Waals surface area (Å²) in [4.78, 5) is 0. The van der Waals surface area contributed by atoms with Crippen molar-refractivity contribution in [2.75, 3.05) is 0 Å². The number of rotatable bonds is 7. The Kier molecular flexibility index (Phi) is 7.37. The summed E-state index contributed by atoms with van der Waals surface area (Å²) in [6, 6.07) is 7.44. The van der Waals surface area contributed by atoms with Gasteiger partial charge in [-0.1, -0.05) is 70.1 Å². The van der Waals surface area contributed by atoms with Gasteiger partial charge >= 0.3 is 0 Å². The second-order valence-corrected chi connectivity index (χ2v) is 8.76. The van der Waals surface area contributed by atoms with Gasteiger partial charge in [-0.2, -0.15) is 0 Å². The third-order valence-corrected chi connectivity index (χ3v) is 7.14. The number of halogens is 1. The maximum absolute atomic E-state index is 14.0. The van der Waals surface area contributed by atoms with Gasteiger partial charge in [0.1, 0.15) is 5.82 Å². The molecule has 1 heteroatoms. The van der Waals surface area contributed by atoms with Crippen molar-refractivity contribution in [2.24, 2.45) is 17.8 Å². The zero-order chi connectivity index (χ0) is 17.5. The van der Waals surface area contributed by atoms with Crippen LogP contribution in [0.15, 0.2) is 24.3 Å². The zero-order valence-electron chi connectivity index (χ0n) is 16.2. The highest BCUT2D eigenvalue weighted by molar-refractivity contribution is 5.22. The van der Waals surface area contributed by atoms with E-state index in [0.29, 0.717) is 5.92 Å². The molecule has 0 saturated heterocycles. The Morgan fingerprint density at radius 1 is 0.800 bits per heavy atom. The van der Waals surface area contributed by atoms with Crippen LogP contribution in [-0.4, -0.2) is 0 Å². The third kappa shape index (κ3) is 5.31. The Hall–Kier alpha value is -0.850. The third-order valence-electron chi connectivity index (χ3n) is 7.14. The van der Waals surface area contributed by atoms with Crippen LogP contribution >= 0.6 is 0 Å². The summed E-state index contributed by atoms with van der Waals surface area (Å²) in [5.41, 5.74) is 0.969. The molecule has 0 atom stereocenters. The van der Waals surface area contributed by atoms with Crippen molar-refractivity contribution in [1.29, 1.82) is 0 Å². The van der Waals surface area contributed by atoms with Crippen LogP contribution in [0.4, 0.5) is 4.39 Å². The van der Waals surface area contributed by atoms with Gasteiger partial charge in [0.05, 0.1) is 0 Å². The second-order valence-electron chi connectivity index (χ2n) is 8.76. The van der Waals surface area contributed by atoms with E-state index in [0.717, 1.165) is 23.3 Å². The van der Waals surface area contributed by atoms with Crippen LogP contribution < -0.4 is 0 Å². The molecule has 0 spiro atoms. The average molecular weight is 345 g/mol. The van der Waals surface area contributed by atoms with E-state index in [4.69, 9.17) is 0 Å². The summed E-state index contributed by atoms with van der Waals surface area (Å²) in [7, 11) is 0. The Morgan fingerprint density at radius 2 is 1.44 bits per heavy atom. The molecule has 2 aliphatic carbocycles. The molecule has 2 aliphatic rings. The largest absolute Gasteiger partial charge is 0.207 e. The van der Waals surface area contributed by atoms with Crippen molar-refractivity contribution in [3.05, 3.63) is 35.6 Å². The Bertz CT molecular complexity index is 493. The Labute approximate surface area is 154 Å². The van der Waals surface area contributed by atoms with E-state index in [1.807, 2.05) is 18.2 Å². The molecule has 0 amide bonds. The number of benzene rings is 1. The molecule has 25 heavy (non-hydrogen) atoms. The van der Waals surface area contributed by atoms with E-state index in [-0.39, 0.29) is 5.82 Å². The molecule has 0 aliphatic heterocycles. The molecule has 0 N–H and O–H groups in total. The van der Waals surface area contributed by atoms with E-state index in [9.17, 15) is 4.39 Å². The van der Waals surface area contributed by atoms with Crippen molar-refractivity contribution in [2.45, 2.75) is 96.3 Å². The topological polar surface area (TPSA) is 0 Å². The highest BCUT2D eigenvalue weighted by atomic mass is 19.1. The summed E-state index contributed by atoms with van der Waals surface area (Å²) in [6.45, 7) is 2.30. The Balaban J connectivity index is 1.39. The first-order valence-electron chi connectivity index (χ1n) is 11.0. The summed E-state index contributed by atoms with van der Waals surface area (Å²) >= 11 is 0. The van der Waals surface area contributed by atoms with E-state index in [2.05, 4.69) is 6.92 Å². The predicted octanol–water partition coefficient (Wildman–Crippen LogP) is 7.88. The van der Waals surface area contributed by atoms with Crippen LogP contribution in [0.5, 0.6) is 0 Å². The average Bonchev–Trinajstić information content (AvgIpc) is 2.66. The van der Waals surface area contributed by atoms with Gasteiger partial charge in [0, 0.05) is 0 Å². The monoisotopic (exact) mass is 344 g/mol. The minimum atomic E-state index is 0.00883. The molecule has 0 bridgehead atoms. The fourth-order valence-electron chi connectivity index (χ4n) is 5.52. The molecule has 0 heterocycles. The number of hydrogen-bond donors (Lipinski definition) is 0. The summed E-state index contributed by atoms with van der Waals surface area (Å²) < 4.78 is 14.0. The zero-order valence-corrected chi connectivity index (χ0v) is 16.2. The first kappa shape index (κ1) is 18.9. The lowest BCUT2D eigenvalue weighted by Crippen LogP contribution is -2.25. The molecule has 1 aromatic carbocycles. The molecule has 0 radical (unpaired) electrons. The van der Waals surface area contributed by atoms with Crippen molar-refractivity contribution in [1.82, 2.24) is 0 Å². The standard InChI is InChI=1S/C24H37F/c1-2-3-4-5-8-19-11-13-20(14-12-19)21-15-17-22(18-16-21)23-9-6-7-10-24(23)25/h6-7,9-10,19-22H,2-5,8,11-18H2,1H3. The van der Waals surface area contributed by atoms with Gasteiger partial charge < -0.3 is 0 Å². The van der Waals surface area contributed by atoms with Crippen molar-refractivity contribution >= 4 is 0 Å². The summed E-state index contributed by atoms with van der Waals surface area (Å²) in [5.74, 6) is 3.38. The first-order valence-corrected chi connectivity index (χ1v) is 11.0. The van der Waals surface area contributed by atoms with Gasteiger partial charge in [-0.05, 0) is 73.8 Å². The van der Waals surface area contributed by atoms with Crippen LogP contribution in [0.3, 0.4) is 0 Å². The van der Waals surface area contributed by atoms with Gasteiger partial charge in [-0.25, -0.2) is 4.39 Å². The van der Waals surface area contributed by atoms with Gasteiger partial charge in [0.15, 0.2) is 0 Å². The molecule has 140 valence electrons. The highest BCUT2D eigenvalue weighted by Gasteiger charge is 2.31. The minimum Gasteiger partial charge on any atom is -0.207 e. The molecular formula is C24H37F. The fourth-order valence-corrected chi connectivity index (χ4v) is 5.52. The Morgan fingerprint density at radius 3 is 2.08 bits per heavy atom. The van der Waals surface area contributed by atoms with Gasteiger partial charge in [0.2, 0.25) is 0 Å². The van der Waals surface area contributed by atoms with E-state index in [1.165, 1.54) is 83.5 Å². The minimum absolute atomic E-state index is 0.00883. The summed E-state index contributed by atoms with van der Waals surface area (Å²) in [5, 5.41) is 0. The van der Waals surface area contributed by atoms with Gasteiger partial charge in [-0.3, -0.25) is 0 Å². The highest BCUT2D eigenvalue weighted by Crippen LogP contribution is 2.44. The number of hydrogen-bond acceptors (Lipinski definition) is 0. The molecule has 3 rings (SSSR count). The van der Waals surface area contributed by atoms with Crippen molar-refractivity contribution < 1.29 is 4.39 Å². The van der Waals surface area contributed by atoms with E-state index >= 15 is 0 Å². The maximum Gasteiger partial charge on any atom is 0.126 e. The smallest absolute Gasteiger partial charge is 0.126 e. The quantitative estimate of drug-likeness (QED) is 0.441. The fraction of sp³-hybridized carbons (Fsp3) is 0.750. The number of unbranched alkanes of at least 4 members (excludes halogenated alkanes) is 3. The van der Waals surface area contributed by atoms with Gasteiger partial charge in [-0.15, -0.1) is 0 Å². The van der Waals surface area contributed by atoms with Crippen LogP contribution in [0, 0.1) is 23.6 Å². The normalized spacial score (nSPS) is 30.3. The first-order chi connectivity index (χ1) is 12.3. The molecule has 2 saturated carbocycles. The van der Waals surface area contributed by atoms with E-state index in [1.54, 1.807) is 6.07 Å². The van der Waals surface area contributed by atoms with Crippen LogP contribution in [0.2, 0.25) is 0 Å². The van der Waals surface area contributed by atoms with Crippen molar-refractivity contribution in [3.8, 4) is 0 Å². The van der Waals surface area contributed by atoms with Crippen LogP contribution in [0.1, 0.15) is 102 Å². The SMILES string of the molecule is CCCCCCC1CCC(C2CCC(c3ccccc3F)CC2)CC1. The predicted molar refractivity (Wildman–Crippen MR) is 105 cm³/mol. The lowest BCUT2D eigenvalue weighted by Gasteiger charge is -2.38. The maximum atomic E-state index is 14.0. The lowest BCUT2D eigenvalue weighted by molar-refractivity contribution is 0.155. The lowest BCUT2D eigenvalue weighted by atomic mass is 9.68. The molecule has 0 aromatic heterocycles. The second kappa shape index (κ2) is 9.74. The molecule has 0 nitrogen and oxygen atoms in total. The molecule has 1 aromatic rings.